The van der Waals surface area contributed by atoms with Crippen molar-refractivity contribution in [1.82, 2.24) is 10.2 Å². The van der Waals surface area contributed by atoms with E-state index in [1.54, 1.807) is 19.0 Å². The molecule has 0 spiro atoms. The standard InChI is InChI=1S/C18H24N2O2S/c1-12(17-10-13-6-4-5-7-16(13)23-17)19-11-14-8-9-15(22-14)18(21)20(2)3/h4-7,10,12,14-15,19H,8-9,11H2,1-3H3. The summed E-state index contributed by atoms with van der Waals surface area (Å²) in [6, 6.07) is 11.0. The van der Waals surface area contributed by atoms with E-state index in [4.69, 9.17) is 4.74 Å². The number of amides is 1. The predicted molar refractivity (Wildman–Crippen MR) is 94.8 cm³/mol. The summed E-state index contributed by atoms with van der Waals surface area (Å²) in [7, 11) is 3.56. The second-order valence-corrected chi connectivity index (χ2v) is 7.49. The minimum atomic E-state index is -0.267. The Labute approximate surface area is 141 Å². The molecule has 1 aromatic carbocycles. The first-order valence-corrected chi connectivity index (χ1v) is 8.94. The van der Waals surface area contributed by atoms with Gasteiger partial charge in [0.15, 0.2) is 0 Å². The molecule has 1 aliphatic rings. The number of carbonyl (C=O) groups excluding carboxylic acids is 1. The molecule has 23 heavy (non-hydrogen) atoms. The summed E-state index contributed by atoms with van der Waals surface area (Å²) in [5.74, 6) is 0.0741. The Balaban J connectivity index is 1.53. The average molecular weight is 332 g/mol. The van der Waals surface area contributed by atoms with Gasteiger partial charge >= 0.3 is 0 Å². The first-order valence-electron chi connectivity index (χ1n) is 8.13. The fourth-order valence-electron chi connectivity index (χ4n) is 2.95. The van der Waals surface area contributed by atoms with Crippen LogP contribution < -0.4 is 5.32 Å². The third-order valence-corrected chi connectivity index (χ3v) is 5.65. The minimum Gasteiger partial charge on any atom is -0.364 e. The summed E-state index contributed by atoms with van der Waals surface area (Å²) in [6.07, 6.45) is 1.62. The molecular weight excluding hydrogens is 308 g/mol. The maximum Gasteiger partial charge on any atom is 0.251 e. The molecule has 5 heteroatoms. The van der Waals surface area contributed by atoms with Gasteiger partial charge in [-0.2, -0.15) is 0 Å². The maximum absolute atomic E-state index is 11.9. The van der Waals surface area contributed by atoms with E-state index in [0.29, 0.717) is 6.04 Å². The second-order valence-electron chi connectivity index (χ2n) is 6.37. The molecule has 1 N–H and O–H groups in total. The van der Waals surface area contributed by atoms with Gasteiger partial charge in [-0.25, -0.2) is 0 Å². The summed E-state index contributed by atoms with van der Waals surface area (Å²) < 4.78 is 7.20. The predicted octanol–water partition coefficient (Wildman–Crippen LogP) is 3.19. The largest absolute Gasteiger partial charge is 0.364 e. The Morgan fingerprint density at radius 3 is 2.91 bits per heavy atom. The van der Waals surface area contributed by atoms with Crippen LogP contribution in [0.1, 0.15) is 30.7 Å². The highest BCUT2D eigenvalue weighted by Crippen LogP contribution is 2.30. The molecule has 1 amide bonds. The molecule has 3 unspecified atom stereocenters. The van der Waals surface area contributed by atoms with Crippen LogP contribution >= 0.6 is 11.3 Å². The van der Waals surface area contributed by atoms with E-state index in [1.807, 2.05) is 11.3 Å². The monoisotopic (exact) mass is 332 g/mol. The van der Waals surface area contributed by atoms with E-state index in [0.717, 1.165) is 19.4 Å². The molecule has 4 nitrogen and oxygen atoms in total. The van der Waals surface area contributed by atoms with Crippen molar-refractivity contribution in [3.8, 4) is 0 Å². The van der Waals surface area contributed by atoms with Crippen molar-refractivity contribution in [2.75, 3.05) is 20.6 Å². The van der Waals surface area contributed by atoms with Crippen LogP contribution in [0.15, 0.2) is 30.3 Å². The lowest BCUT2D eigenvalue weighted by Gasteiger charge is -2.19. The third-order valence-electron chi connectivity index (χ3n) is 4.35. The molecule has 1 aromatic heterocycles. The van der Waals surface area contributed by atoms with Crippen molar-refractivity contribution in [3.63, 3.8) is 0 Å². The number of benzene rings is 1. The van der Waals surface area contributed by atoms with Crippen molar-refractivity contribution in [2.24, 2.45) is 0 Å². The van der Waals surface area contributed by atoms with E-state index in [2.05, 4.69) is 42.6 Å². The number of likely N-dealkylation sites (N-methyl/N-ethyl adjacent to an activating group) is 1. The number of carbonyl (C=O) groups is 1. The molecule has 124 valence electrons. The number of nitrogens with zero attached hydrogens (tertiary/aromatic N) is 1. The Kier molecular flexibility index (Phi) is 4.99. The van der Waals surface area contributed by atoms with Crippen molar-refractivity contribution >= 4 is 27.3 Å². The van der Waals surface area contributed by atoms with E-state index in [9.17, 15) is 4.79 Å². The van der Waals surface area contributed by atoms with Crippen molar-refractivity contribution in [3.05, 3.63) is 35.2 Å². The zero-order valence-corrected chi connectivity index (χ0v) is 14.7. The van der Waals surface area contributed by atoms with Gasteiger partial charge in [0.2, 0.25) is 0 Å². The summed E-state index contributed by atoms with van der Waals surface area (Å²) in [5.41, 5.74) is 0. The summed E-state index contributed by atoms with van der Waals surface area (Å²) in [5, 5.41) is 4.85. The highest BCUT2D eigenvalue weighted by Gasteiger charge is 2.31. The minimum absolute atomic E-state index is 0.0741. The zero-order chi connectivity index (χ0) is 16.4. The van der Waals surface area contributed by atoms with Gasteiger partial charge in [0, 0.05) is 36.3 Å². The van der Waals surface area contributed by atoms with Gasteiger partial charge in [-0.05, 0) is 37.3 Å². The van der Waals surface area contributed by atoms with Crippen molar-refractivity contribution < 1.29 is 9.53 Å². The first-order chi connectivity index (χ1) is 11.0. The molecular formula is C18H24N2O2S. The summed E-state index contributed by atoms with van der Waals surface area (Å²) in [6.45, 7) is 2.97. The first kappa shape index (κ1) is 16.4. The van der Waals surface area contributed by atoms with Crippen LogP contribution in [0.4, 0.5) is 0 Å². The molecule has 3 rings (SSSR count). The smallest absolute Gasteiger partial charge is 0.251 e. The van der Waals surface area contributed by atoms with E-state index in [-0.39, 0.29) is 18.1 Å². The lowest BCUT2D eigenvalue weighted by molar-refractivity contribution is -0.140. The van der Waals surface area contributed by atoms with Gasteiger partial charge in [-0.15, -0.1) is 11.3 Å². The molecule has 0 aliphatic carbocycles. The van der Waals surface area contributed by atoms with Gasteiger partial charge < -0.3 is 15.0 Å². The number of hydrogen-bond acceptors (Lipinski definition) is 4. The van der Waals surface area contributed by atoms with Crippen LogP contribution in [0.3, 0.4) is 0 Å². The van der Waals surface area contributed by atoms with Crippen molar-refractivity contribution in [2.45, 2.75) is 38.0 Å². The molecule has 0 radical (unpaired) electrons. The normalized spacial score (nSPS) is 22.4. The summed E-state index contributed by atoms with van der Waals surface area (Å²) >= 11 is 1.83. The van der Waals surface area contributed by atoms with Crippen LogP contribution in [0.25, 0.3) is 10.1 Å². The van der Waals surface area contributed by atoms with Crippen LogP contribution in [0, 0.1) is 0 Å². The number of thiophene rings is 1. The van der Waals surface area contributed by atoms with Gasteiger partial charge in [0.25, 0.3) is 5.91 Å². The Morgan fingerprint density at radius 1 is 1.39 bits per heavy atom. The highest BCUT2D eigenvalue weighted by atomic mass is 32.1. The Morgan fingerprint density at radius 2 is 2.17 bits per heavy atom. The van der Waals surface area contributed by atoms with Gasteiger partial charge in [-0.1, -0.05) is 18.2 Å². The maximum atomic E-state index is 11.9. The lowest BCUT2D eigenvalue weighted by Crippen LogP contribution is -2.35. The van der Waals surface area contributed by atoms with Crippen LogP contribution in [-0.2, 0) is 9.53 Å². The topological polar surface area (TPSA) is 41.6 Å². The molecule has 0 saturated carbocycles. The molecule has 1 saturated heterocycles. The average Bonchev–Trinajstić information content (AvgIpc) is 3.18. The van der Waals surface area contributed by atoms with Crippen LogP contribution in [0.5, 0.6) is 0 Å². The number of nitrogens with one attached hydrogen (secondary N) is 1. The van der Waals surface area contributed by atoms with E-state index in [1.165, 1.54) is 15.0 Å². The quantitative estimate of drug-likeness (QED) is 0.914. The van der Waals surface area contributed by atoms with Gasteiger partial charge in [0.05, 0.1) is 6.10 Å². The fraction of sp³-hybridized carbons (Fsp3) is 0.500. The second kappa shape index (κ2) is 6.99. The Bertz CT molecular complexity index is 649. The summed E-state index contributed by atoms with van der Waals surface area (Å²) in [4.78, 5) is 14.9. The lowest BCUT2D eigenvalue weighted by atomic mass is 10.1. The molecule has 0 bridgehead atoms. The molecule has 2 heterocycles. The van der Waals surface area contributed by atoms with Crippen molar-refractivity contribution in [1.29, 1.82) is 0 Å². The molecule has 1 aliphatic heterocycles. The van der Waals surface area contributed by atoms with E-state index >= 15 is 0 Å². The molecule has 2 aromatic rings. The van der Waals surface area contributed by atoms with Gasteiger partial charge in [0.1, 0.15) is 6.10 Å². The van der Waals surface area contributed by atoms with Crippen LogP contribution in [-0.4, -0.2) is 43.7 Å². The number of rotatable bonds is 5. The SMILES string of the molecule is CC(NCC1CCC(C(=O)N(C)C)O1)c1cc2ccccc2s1. The highest BCUT2D eigenvalue weighted by molar-refractivity contribution is 7.19. The Hall–Kier alpha value is -1.43. The number of hydrogen-bond donors (Lipinski definition) is 1. The van der Waals surface area contributed by atoms with Crippen LogP contribution in [0.2, 0.25) is 0 Å². The van der Waals surface area contributed by atoms with E-state index < -0.39 is 0 Å². The molecule has 3 atom stereocenters. The third kappa shape index (κ3) is 3.74. The number of fused-ring (bicyclic) bond motifs is 1. The van der Waals surface area contributed by atoms with Gasteiger partial charge in [-0.3, -0.25) is 4.79 Å². The zero-order valence-electron chi connectivity index (χ0n) is 13.9. The molecule has 1 fully saturated rings. The fourth-order valence-corrected chi connectivity index (χ4v) is 4.04. The number of ether oxygens (including phenoxy) is 1.